The van der Waals surface area contributed by atoms with E-state index >= 15 is 0 Å². The van der Waals surface area contributed by atoms with Gasteiger partial charge in [0.2, 0.25) is 5.91 Å². The highest BCUT2D eigenvalue weighted by Crippen LogP contribution is 2.30. The molecule has 1 fully saturated rings. The first-order valence-electron chi connectivity index (χ1n) is 7.79. The van der Waals surface area contributed by atoms with Crippen LogP contribution in [0.1, 0.15) is 28.4 Å². The molecule has 0 bridgehead atoms. The summed E-state index contributed by atoms with van der Waals surface area (Å²) in [6, 6.07) is 14.3. The largest absolute Gasteiger partial charge is 0.488 e. The molecule has 4 nitrogen and oxygen atoms in total. The summed E-state index contributed by atoms with van der Waals surface area (Å²) < 4.78 is 11.6. The average molecular weight is 311 g/mol. The molecule has 0 saturated carbocycles. The van der Waals surface area contributed by atoms with Gasteiger partial charge in [-0.15, -0.1) is 0 Å². The Hall–Kier alpha value is -2.33. The minimum absolute atomic E-state index is 0.0579. The molecule has 4 heteroatoms. The Bertz CT molecular complexity index is 664. The first kappa shape index (κ1) is 15.6. The van der Waals surface area contributed by atoms with Crippen LogP contribution in [0.4, 0.5) is 0 Å². The molecule has 0 spiro atoms. The first-order valence-corrected chi connectivity index (χ1v) is 7.79. The summed E-state index contributed by atoms with van der Waals surface area (Å²) in [7, 11) is 0. The van der Waals surface area contributed by atoms with Gasteiger partial charge < -0.3 is 14.8 Å². The molecule has 1 N–H and O–H groups in total. The van der Waals surface area contributed by atoms with Gasteiger partial charge in [0.05, 0.1) is 0 Å². The maximum atomic E-state index is 11.2. The molecule has 3 rings (SSSR count). The van der Waals surface area contributed by atoms with Crippen LogP contribution in [0.25, 0.3) is 0 Å². The van der Waals surface area contributed by atoms with Crippen LogP contribution in [0.2, 0.25) is 0 Å². The van der Waals surface area contributed by atoms with E-state index in [0.29, 0.717) is 13.2 Å². The van der Waals surface area contributed by atoms with Crippen LogP contribution >= 0.6 is 0 Å². The van der Waals surface area contributed by atoms with Gasteiger partial charge >= 0.3 is 0 Å². The third-order valence-electron chi connectivity index (χ3n) is 3.98. The van der Waals surface area contributed by atoms with Crippen molar-refractivity contribution in [3.8, 4) is 5.75 Å². The highest BCUT2D eigenvalue weighted by Gasteiger charge is 2.21. The van der Waals surface area contributed by atoms with Gasteiger partial charge in [0.1, 0.15) is 25.1 Å². The van der Waals surface area contributed by atoms with Gasteiger partial charge in [0.15, 0.2) is 0 Å². The molecule has 1 amide bonds. The lowest BCUT2D eigenvalue weighted by Gasteiger charge is -2.25. The molecule has 1 atom stereocenters. The summed E-state index contributed by atoms with van der Waals surface area (Å²) in [5.41, 5.74) is 4.38. The standard InChI is InChI=1S/C19H21NO3/c1-13-8-16(17-10-20-18(21)12-22-17)9-14(2)19(13)23-11-15-6-4-3-5-7-15/h3-9,17H,10-12H2,1-2H3,(H,20,21). The lowest BCUT2D eigenvalue weighted by atomic mass is 10.0. The number of hydrogen-bond acceptors (Lipinski definition) is 3. The zero-order chi connectivity index (χ0) is 16.2. The second kappa shape index (κ2) is 6.84. The SMILES string of the molecule is Cc1cc(C2CNC(=O)CO2)cc(C)c1OCc1ccccc1. The zero-order valence-electron chi connectivity index (χ0n) is 13.5. The molecule has 1 heterocycles. The van der Waals surface area contributed by atoms with Crippen molar-refractivity contribution in [2.45, 2.75) is 26.6 Å². The molecule has 1 saturated heterocycles. The summed E-state index contributed by atoms with van der Waals surface area (Å²) in [6.45, 7) is 5.27. The number of morpholine rings is 1. The number of carbonyl (C=O) groups excluding carboxylic acids is 1. The van der Waals surface area contributed by atoms with E-state index in [1.165, 1.54) is 0 Å². The topological polar surface area (TPSA) is 47.6 Å². The molecule has 1 unspecified atom stereocenters. The summed E-state index contributed by atoms with van der Waals surface area (Å²) in [5, 5.41) is 2.84. The molecule has 2 aromatic rings. The third kappa shape index (κ3) is 3.71. The third-order valence-corrected chi connectivity index (χ3v) is 3.98. The highest BCUT2D eigenvalue weighted by molar-refractivity contribution is 5.77. The van der Waals surface area contributed by atoms with Crippen molar-refractivity contribution in [2.24, 2.45) is 0 Å². The molecular formula is C19H21NO3. The Morgan fingerprint density at radius 2 is 1.87 bits per heavy atom. The van der Waals surface area contributed by atoms with Crippen molar-refractivity contribution in [3.05, 3.63) is 64.7 Å². The van der Waals surface area contributed by atoms with Crippen molar-refractivity contribution < 1.29 is 14.3 Å². The van der Waals surface area contributed by atoms with Crippen molar-refractivity contribution in [1.82, 2.24) is 5.32 Å². The number of aryl methyl sites for hydroxylation is 2. The summed E-state index contributed by atoms with van der Waals surface area (Å²) in [5.74, 6) is 0.856. The summed E-state index contributed by atoms with van der Waals surface area (Å²) in [6.07, 6.45) is -0.0896. The van der Waals surface area contributed by atoms with E-state index in [-0.39, 0.29) is 18.6 Å². The molecule has 1 aliphatic heterocycles. The van der Waals surface area contributed by atoms with Crippen molar-refractivity contribution in [3.63, 3.8) is 0 Å². The summed E-state index contributed by atoms with van der Waals surface area (Å²) >= 11 is 0. The van der Waals surface area contributed by atoms with Crippen LogP contribution in [0.5, 0.6) is 5.75 Å². The fraction of sp³-hybridized carbons (Fsp3) is 0.316. The van der Waals surface area contributed by atoms with Gasteiger partial charge in [-0.05, 0) is 48.2 Å². The van der Waals surface area contributed by atoms with Crippen molar-refractivity contribution in [2.75, 3.05) is 13.2 Å². The minimum atomic E-state index is -0.0896. The monoisotopic (exact) mass is 311 g/mol. The summed E-state index contributed by atoms with van der Waals surface area (Å²) in [4.78, 5) is 11.2. The van der Waals surface area contributed by atoms with Gasteiger partial charge in [-0.25, -0.2) is 0 Å². The highest BCUT2D eigenvalue weighted by atomic mass is 16.5. The van der Waals surface area contributed by atoms with Crippen LogP contribution < -0.4 is 10.1 Å². The van der Waals surface area contributed by atoms with Crippen LogP contribution in [-0.4, -0.2) is 19.1 Å². The Balaban J connectivity index is 1.74. The van der Waals surface area contributed by atoms with E-state index in [0.717, 1.165) is 28.0 Å². The van der Waals surface area contributed by atoms with Gasteiger partial charge in [0, 0.05) is 6.54 Å². The van der Waals surface area contributed by atoms with Gasteiger partial charge in [0.25, 0.3) is 0 Å². The predicted molar refractivity (Wildman–Crippen MR) is 88.4 cm³/mol. The lowest BCUT2D eigenvalue weighted by molar-refractivity contribution is -0.133. The van der Waals surface area contributed by atoms with Crippen LogP contribution in [0, 0.1) is 13.8 Å². The van der Waals surface area contributed by atoms with E-state index in [1.54, 1.807) is 0 Å². The molecule has 0 aromatic heterocycles. The van der Waals surface area contributed by atoms with Crippen molar-refractivity contribution in [1.29, 1.82) is 0 Å². The average Bonchev–Trinajstić information content (AvgIpc) is 2.55. The maximum absolute atomic E-state index is 11.2. The first-order chi connectivity index (χ1) is 11.1. The maximum Gasteiger partial charge on any atom is 0.246 e. The molecule has 2 aromatic carbocycles. The number of rotatable bonds is 4. The fourth-order valence-electron chi connectivity index (χ4n) is 2.83. The number of ether oxygens (including phenoxy) is 2. The Morgan fingerprint density at radius 1 is 1.17 bits per heavy atom. The number of nitrogens with one attached hydrogen (secondary N) is 1. The van der Waals surface area contributed by atoms with Gasteiger partial charge in [-0.1, -0.05) is 30.3 Å². The Morgan fingerprint density at radius 3 is 2.48 bits per heavy atom. The van der Waals surface area contributed by atoms with Crippen LogP contribution in [-0.2, 0) is 16.1 Å². The van der Waals surface area contributed by atoms with E-state index in [4.69, 9.17) is 9.47 Å². The minimum Gasteiger partial charge on any atom is -0.488 e. The van der Waals surface area contributed by atoms with E-state index in [2.05, 4.69) is 29.6 Å². The quantitative estimate of drug-likeness (QED) is 0.944. The van der Waals surface area contributed by atoms with Gasteiger partial charge in [-0.3, -0.25) is 4.79 Å². The van der Waals surface area contributed by atoms with E-state index < -0.39 is 0 Å². The number of amides is 1. The molecule has 0 aliphatic carbocycles. The van der Waals surface area contributed by atoms with Crippen molar-refractivity contribution >= 4 is 5.91 Å². The molecule has 1 aliphatic rings. The normalized spacial score (nSPS) is 17.7. The zero-order valence-corrected chi connectivity index (χ0v) is 13.5. The van der Waals surface area contributed by atoms with Crippen LogP contribution in [0.3, 0.4) is 0 Å². The number of hydrogen-bond donors (Lipinski definition) is 1. The number of benzene rings is 2. The van der Waals surface area contributed by atoms with E-state index in [1.807, 2.05) is 32.0 Å². The predicted octanol–water partition coefficient (Wildman–Crippen LogP) is 3.07. The second-order valence-corrected chi connectivity index (χ2v) is 5.86. The molecular weight excluding hydrogens is 290 g/mol. The molecule has 120 valence electrons. The Kier molecular flexibility index (Phi) is 4.63. The van der Waals surface area contributed by atoms with Gasteiger partial charge in [-0.2, -0.15) is 0 Å². The Labute approximate surface area is 136 Å². The number of carbonyl (C=O) groups is 1. The smallest absolute Gasteiger partial charge is 0.246 e. The fourth-order valence-corrected chi connectivity index (χ4v) is 2.83. The molecule has 0 radical (unpaired) electrons. The van der Waals surface area contributed by atoms with E-state index in [9.17, 15) is 4.79 Å². The molecule has 23 heavy (non-hydrogen) atoms. The second-order valence-electron chi connectivity index (χ2n) is 5.86. The van der Waals surface area contributed by atoms with Crippen LogP contribution in [0.15, 0.2) is 42.5 Å². The lowest BCUT2D eigenvalue weighted by Crippen LogP contribution is -2.38.